The van der Waals surface area contributed by atoms with E-state index in [0.29, 0.717) is 10.6 Å². The summed E-state index contributed by atoms with van der Waals surface area (Å²) in [6.07, 6.45) is 0. The monoisotopic (exact) mass is 292 g/mol. The number of hydrogen-bond acceptors (Lipinski definition) is 3. The summed E-state index contributed by atoms with van der Waals surface area (Å²) in [6, 6.07) is 7.17. The molecule has 4 nitrogen and oxygen atoms in total. The van der Waals surface area contributed by atoms with Crippen LogP contribution in [0, 0.1) is 13.8 Å². The number of aryl methyl sites for hydroxylation is 2. The van der Waals surface area contributed by atoms with Crippen LogP contribution >= 0.6 is 11.6 Å². The lowest BCUT2D eigenvalue weighted by Gasteiger charge is -2.15. The lowest BCUT2D eigenvalue weighted by molar-refractivity contribution is 0.100. The molecule has 0 bridgehead atoms. The van der Waals surface area contributed by atoms with Gasteiger partial charge in [0.25, 0.3) is 0 Å². The fraction of sp³-hybridized carbons (Fsp3) is 0.267. The van der Waals surface area contributed by atoms with Crippen LogP contribution in [-0.4, -0.2) is 5.91 Å². The summed E-state index contributed by atoms with van der Waals surface area (Å²) >= 11 is 5.93. The average Bonchev–Trinajstić information content (AvgIpc) is 2.70. The molecule has 1 atom stereocenters. The SMILES string of the molecule is Cc1cc(C(C)Nc2ccc(Cl)c(C(N)=O)c2)c(C)o1. The topological polar surface area (TPSA) is 68.3 Å². The highest BCUT2D eigenvalue weighted by Gasteiger charge is 2.14. The van der Waals surface area contributed by atoms with E-state index in [1.54, 1.807) is 12.1 Å². The molecule has 5 heteroatoms. The standard InChI is InChI=1S/C15H17ClN2O2/c1-8-6-12(10(3)20-8)9(2)18-11-4-5-14(16)13(7-11)15(17)19/h4-7,9,18H,1-3H3,(H2,17,19). The van der Waals surface area contributed by atoms with E-state index < -0.39 is 5.91 Å². The normalized spacial score (nSPS) is 12.2. The maximum atomic E-state index is 11.3. The van der Waals surface area contributed by atoms with Gasteiger partial charge in [-0.15, -0.1) is 0 Å². The number of carbonyl (C=O) groups excluding carboxylic acids is 1. The van der Waals surface area contributed by atoms with Gasteiger partial charge in [-0.3, -0.25) is 4.79 Å². The number of nitrogens with two attached hydrogens (primary N) is 1. The van der Waals surface area contributed by atoms with Gasteiger partial charge in [-0.1, -0.05) is 11.6 Å². The first-order chi connectivity index (χ1) is 9.38. The molecule has 0 aliphatic rings. The summed E-state index contributed by atoms with van der Waals surface area (Å²) in [5.41, 5.74) is 7.46. The minimum atomic E-state index is -0.540. The van der Waals surface area contributed by atoms with E-state index in [-0.39, 0.29) is 6.04 Å². The van der Waals surface area contributed by atoms with Gasteiger partial charge in [-0.2, -0.15) is 0 Å². The van der Waals surface area contributed by atoms with Crippen LogP contribution < -0.4 is 11.1 Å². The zero-order valence-electron chi connectivity index (χ0n) is 11.7. The van der Waals surface area contributed by atoms with Gasteiger partial charge in [0.15, 0.2) is 0 Å². The zero-order valence-corrected chi connectivity index (χ0v) is 12.4. The quantitative estimate of drug-likeness (QED) is 0.900. The number of rotatable bonds is 4. The summed E-state index contributed by atoms with van der Waals surface area (Å²) in [5, 5.41) is 3.66. The van der Waals surface area contributed by atoms with Gasteiger partial charge < -0.3 is 15.5 Å². The summed E-state index contributed by atoms with van der Waals surface area (Å²) in [6.45, 7) is 5.86. The Bertz CT molecular complexity index is 649. The third-order valence-electron chi connectivity index (χ3n) is 3.16. The highest BCUT2D eigenvalue weighted by atomic mass is 35.5. The molecule has 20 heavy (non-hydrogen) atoms. The second-order valence-electron chi connectivity index (χ2n) is 4.79. The Morgan fingerprint density at radius 2 is 2.05 bits per heavy atom. The fourth-order valence-electron chi connectivity index (χ4n) is 2.21. The smallest absolute Gasteiger partial charge is 0.250 e. The van der Waals surface area contributed by atoms with Crippen LogP contribution in [0.15, 0.2) is 28.7 Å². The highest BCUT2D eigenvalue weighted by molar-refractivity contribution is 6.33. The van der Waals surface area contributed by atoms with E-state index in [4.69, 9.17) is 21.8 Å². The molecule has 3 N–H and O–H groups in total. The molecule has 1 aromatic heterocycles. The van der Waals surface area contributed by atoms with E-state index in [1.807, 2.05) is 32.9 Å². The first-order valence-electron chi connectivity index (χ1n) is 6.31. The molecule has 0 radical (unpaired) electrons. The van der Waals surface area contributed by atoms with E-state index in [2.05, 4.69) is 5.32 Å². The summed E-state index contributed by atoms with van der Waals surface area (Å²) in [7, 11) is 0. The Balaban J connectivity index is 2.24. The molecule has 0 spiro atoms. The van der Waals surface area contributed by atoms with Crippen molar-refractivity contribution in [3.8, 4) is 0 Å². The van der Waals surface area contributed by atoms with Gasteiger partial charge >= 0.3 is 0 Å². The van der Waals surface area contributed by atoms with E-state index in [0.717, 1.165) is 22.8 Å². The summed E-state index contributed by atoms with van der Waals surface area (Å²) in [5.74, 6) is 1.22. The second-order valence-corrected chi connectivity index (χ2v) is 5.20. The zero-order chi connectivity index (χ0) is 14.9. The largest absolute Gasteiger partial charge is 0.466 e. The van der Waals surface area contributed by atoms with Crippen molar-refractivity contribution in [1.82, 2.24) is 0 Å². The Hall–Kier alpha value is -1.94. The second kappa shape index (κ2) is 5.59. The van der Waals surface area contributed by atoms with Crippen LogP contribution in [0.5, 0.6) is 0 Å². The number of halogens is 1. The molecule has 106 valence electrons. The van der Waals surface area contributed by atoms with Gasteiger partial charge in [0.2, 0.25) is 5.91 Å². The molecule has 0 saturated heterocycles. The van der Waals surface area contributed by atoms with Gasteiger partial charge in [0.05, 0.1) is 16.6 Å². The van der Waals surface area contributed by atoms with Crippen molar-refractivity contribution >= 4 is 23.2 Å². The van der Waals surface area contributed by atoms with Crippen molar-refractivity contribution in [1.29, 1.82) is 0 Å². The van der Waals surface area contributed by atoms with Gasteiger partial charge in [0.1, 0.15) is 11.5 Å². The first-order valence-corrected chi connectivity index (χ1v) is 6.69. The van der Waals surface area contributed by atoms with Crippen molar-refractivity contribution in [3.63, 3.8) is 0 Å². The highest BCUT2D eigenvalue weighted by Crippen LogP contribution is 2.27. The molecule has 2 aromatic rings. The Morgan fingerprint density at radius 3 is 2.60 bits per heavy atom. The molecule has 2 rings (SSSR count). The first kappa shape index (κ1) is 14.5. The molecule has 1 unspecified atom stereocenters. The van der Waals surface area contributed by atoms with Crippen molar-refractivity contribution < 1.29 is 9.21 Å². The van der Waals surface area contributed by atoms with Crippen LogP contribution in [0.25, 0.3) is 0 Å². The molecule has 0 fully saturated rings. The third-order valence-corrected chi connectivity index (χ3v) is 3.49. The van der Waals surface area contributed by atoms with Crippen molar-refractivity contribution in [2.24, 2.45) is 5.73 Å². The van der Waals surface area contributed by atoms with Gasteiger partial charge in [-0.25, -0.2) is 0 Å². The Labute approximate surface area is 122 Å². The van der Waals surface area contributed by atoms with Gasteiger partial charge in [0, 0.05) is 11.3 Å². The maximum absolute atomic E-state index is 11.3. The third kappa shape index (κ3) is 2.96. The van der Waals surface area contributed by atoms with E-state index in [1.165, 1.54) is 0 Å². The lowest BCUT2D eigenvalue weighted by Crippen LogP contribution is -2.13. The molecule has 0 saturated carbocycles. The molecular formula is C15H17ClN2O2. The van der Waals surface area contributed by atoms with E-state index >= 15 is 0 Å². The average molecular weight is 293 g/mol. The lowest BCUT2D eigenvalue weighted by atomic mass is 10.1. The number of carbonyl (C=O) groups is 1. The Morgan fingerprint density at radius 1 is 1.35 bits per heavy atom. The van der Waals surface area contributed by atoms with Crippen LogP contribution in [-0.2, 0) is 0 Å². The number of amides is 1. The van der Waals surface area contributed by atoms with Crippen LogP contribution in [0.2, 0.25) is 5.02 Å². The number of anilines is 1. The molecule has 0 aliphatic carbocycles. The van der Waals surface area contributed by atoms with Gasteiger partial charge in [-0.05, 0) is 45.0 Å². The predicted molar refractivity (Wildman–Crippen MR) is 80.2 cm³/mol. The number of benzene rings is 1. The van der Waals surface area contributed by atoms with Crippen molar-refractivity contribution in [2.75, 3.05) is 5.32 Å². The minimum Gasteiger partial charge on any atom is -0.466 e. The number of primary amides is 1. The Kier molecular flexibility index (Phi) is 4.04. The van der Waals surface area contributed by atoms with Crippen molar-refractivity contribution in [3.05, 3.63) is 51.9 Å². The van der Waals surface area contributed by atoms with E-state index in [9.17, 15) is 4.79 Å². The summed E-state index contributed by atoms with van der Waals surface area (Å²) in [4.78, 5) is 11.3. The number of nitrogens with one attached hydrogen (secondary N) is 1. The molecular weight excluding hydrogens is 276 g/mol. The van der Waals surface area contributed by atoms with Crippen LogP contribution in [0.4, 0.5) is 5.69 Å². The molecule has 1 heterocycles. The van der Waals surface area contributed by atoms with Crippen LogP contribution in [0.3, 0.4) is 0 Å². The molecule has 1 aromatic carbocycles. The summed E-state index contributed by atoms with van der Waals surface area (Å²) < 4.78 is 5.52. The van der Waals surface area contributed by atoms with Crippen LogP contribution in [0.1, 0.15) is 40.4 Å². The van der Waals surface area contributed by atoms with Crippen molar-refractivity contribution in [2.45, 2.75) is 26.8 Å². The maximum Gasteiger partial charge on any atom is 0.250 e. The number of hydrogen-bond donors (Lipinski definition) is 2. The molecule has 1 amide bonds. The predicted octanol–water partition coefficient (Wildman–Crippen LogP) is 3.82. The fourth-order valence-corrected chi connectivity index (χ4v) is 2.42. The minimum absolute atomic E-state index is 0.0503. The number of furan rings is 1. The molecule has 0 aliphatic heterocycles.